The fourth-order valence-corrected chi connectivity index (χ4v) is 2.08. The number of amides is 1. The minimum absolute atomic E-state index is 0.270. The van der Waals surface area contributed by atoms with Crippen molar-refractivity contribution in [3.63, 3.8) is 0 Å². The molecule has 0 aliphatic carbocycles. The van der Waals surface area contributed by atoms with Crippen molar-refractivity contribution in [3.8, 4) is 0 Å². The zero-order chi connectivity index (χ0) is 13.0. The standard InChI is InChI=1S/C12H8BrIN2O2/c13-9-3-1-2-8(6-9)12(17)16-15-7-10-4-5-11(14)18-10/h1-7H,(H,16,17)/b15-7-. The second-order valence-corrected chi connectivity index (χ2v) is 5.33. The molecule has 0 unspecified atom stereocenters. The lowest BCUT2D eigenvalue weighted by molar-refractivity contribution is 0.0955. The Hall–Kier alpha value is -1.15. The monoisotopic (exact) mass is 418 g/mol. The van der Waals surface area contributed by atoms with Crippen molar-refractivity contribution in [2.45, 2.75) is 0 Å². The molecule has 4 nitrogen and oxygen atoms in total. The van der Waals surface area contributed by atoms with E-state index >= 15 is 0 Å². The van der Waals surface area contributed by atoms with Crippen LogP contribution in [-0.4, -0.2) is 12.1 Å². The molecule has 2 aromatic rings. The highest BCUT2D eigenvalue weighted by molar-refractivity contribution is 14.1. The van der Waals surface area contributed by atoms with E-state index in [9.17, 15) is 4.79 Å². The summed E-state index contributed by atoms with van der Waals surface area (Å²) in [7, 11) is 0. The summed E-state index contributed by atoms with van der Waals surface area (Å²) < 4.78 is 6.89. The van der Waals surface area contributed by atoms with Crippen LogP contribution in [-0.2, 0) is 0 Å². The van der Waals surface area contributed by atoms with Crippen molar-refractivity contribution in [3.05, 3.63) is 56.0 Å². The van der Waals surface area contributed by atoms with Gasteiger partial charge >= 0.3 is 0 Å². The Balaban J connectivity index is 1.98. The van der Waals surface area contributed by atoms with E-state index in [-0.39, 0.29) is 5.91 Å². The van der Waals surface area contributed by atoms with E-state index in [1.807, 2.05) is 12.1 Å². The van der Waals surface area contributed by atoms with E-state index in [0.717, 1.165) is 8.24 Å². The van der Waals surface area contributed by atoms with Gasteiger partial charge in [0.15, 0.2) is 3.77 Å². The van der Waals surface area contributed by atoms with E-state index in [4.69, 9.17) is 4.42 Å². The fourth-order valence-electron chi connectivity index (χ4n) is 1.25. The van der Waals surface area contributed by atoms with Gasteiger partial charge in [-0.05, 0) is 52.9 Å². The molecule has 0 saturated carbocycles. The predicted octanol–water partition coefficient (Wildman–Crippen LogP) is 3.41. The number of rotatable bonds is 3. The third-order valence-corrected chi connectivity index (χ3v) is 3.11. The van der Waals surface area contributed by atoms with Gasteiger partial charge in [-0.15, -0.1) is 0 Å². The third kappa shape index (κ3) is 3.67. The summed E-state index contributed by atoms with van der Waals surface area (Å²) in [4.78, 5) is 11.7. The van der Waals surface area contributed by atoms with Gasteiger partial charge in [-0.2, -0.15) is 5.10 Å². The molecule has 0 bridgehead atoms. The van der Waals surface area contributed by atoms with Gasteiger partial charge in [0.2, 0.25) is 0 Å². The molecule has 2 rings (SSSR count). The summed E-state index contributed by atoms with van der Waals surface area (Å²) in [5.74, 6) is 0.322. The summed E-state index contributed by atoms with van der Waals surface area (Å²) in [5, 5.41) is 3.82. The molecule has 0 radical (unpaired) electrons. The topological polar surface area (TPSA) is 54.6 Å². The summed E-state index contributed by atoms with van der Waals surface area (Å²) in [6.45, 7) is 0. The first kappa shape index (κ1) is 13.3. The van der Waals surface area contributed by atoms with Gasteiger partial charge in [-0.1, -0.05) is 22.0 Å². The number of hydrogen-bond acceptors (Lipinski definition) is 3. The van der Waals surface area contributed by atoms with Gasteiger partial charge < -0.3 is 4.42 Å². The van der Waals surface area contributed by atoms with Gasteiger partial charge in [0, 0.05) is 10.0 Å². The molecule has 1 aromatic heterocycles. The molecule has 1 aromatic carbocycles. The van der Waals surface area contributed by atoms with E-state index in [2.05, 4.69) is 49.0 Å². The van der Waals surface area contributed by atoms with Gasteiger partial charge in [0.05, 0.1) is 6.21 Å². The second-order valence-electron chi connectivity index (χ2n) is 3.35. The number of nitrogens with one attached hydrogen (secondary N) is 1. The molecule has 18 heavy (non-hydrogen) atoms. The van der Waals surface area contributed by atoms with Crippen LogP contribution in [0, 0.1) is 3.77 Å². The molecule has 0 aliphatic rings. The van der Waals surface area contributed by atoms with Crippen LogP contribution in [0.15, 0.2) is 50.4 Å². The zero-order valence-electron chi connectivity index (χ0n) is 9.06. The number of nitrogens with zero attached hydrogens (tertiary/aromatic N) is 1. The maximum Gasteiger partial charge on any atom is 0.271 e. The van der Waals surface area contributed by atoms with Crippen LogP contribution in [0.2, 0.25) is 0 Å². The zero-order valence-corrected chi connectivity index (χ0v) is 12.8. The van der Waals surface area contributed by atoms with E-state index < -0.39 is 0 Å². The lowest BCUT2D eigenvalue weighted by Crippen LogP contribution is -2.17. The SMILES string of the molecule is O=C(N/N=C\c1ccc(I)o1)c1cccc(Br)c1. The molecular formula is C12H8BrIN2O2. The van der Waals surface area contributed by atoms with Gasteiger partial charge in [-0.25, -0.2) is 5.43 Å². The molecule has 0 fully saturated rings. The van der Waals surface area contributed by atoms with Crippen LogP contribution in [0.3, 0.4) is 0 Å². The molecule has 0 spiro atoms. The number of carbonyl (C=O) groups is 1. The van der Waals surface area contributed by atoms with Crippen molar-refractivity contribution in [1.29, 1.82) is 0 Å². The normalized spacial score (nSPS) is 10.8. The molecule has 92 valence electrons. The van der Waals surface area contributed by atoms with Crippen LogP contribution < -0.4 is 5.43 Å². The maximum absolute atomic E-state index is 11.7. The molecule has 0 aliphatic heterocycles. The number of furan rings is 1. The van der Waals surface area contributed by atoms with Crippen LogP contribution in [0.1, 0.15) is 16.1 Å². The number of halogens is 2. The first-order valence-corrected chi connectivity index (χ1v) is 6.86. The molecular weight excluding hydrogens is 411 g/mol. The molecule has 0 saturated heterocycles. The largest absolute Gasteiger partial charge is 0.449 e. The molecule has 6 heteroatoms. The Morgan fingerprint density at radius 3 is 2.89 bits per heavy atom. The summed E-state index contributed by atoms with van der Waals surface area (Å²) >= 11 is 5.36. The number of hydrazone groups is 1. The highest BCUT2D eigenvalue weighted by atomic mass is 127. The van der Waals surface area contributed by atoms with E-state index in [1.54, 1.807) is 24.3 Å². The van der Waals surface area contributed by atoms with Gasteiger partial charge in [-0.3, -0.25) is 4.79 Å². The fraction of sp³-hybridized carbons (Fsp3) is 0. The number of hydrogen-bond donors (Lipinski definition) is 1. The highest BCUT2D eigenvalue weighted by Crippen LogP contribution is 2.11. The van der Waals surface area contributed by atoms with Crippen molar-refractivity contribution < 1.29 is 9.21 Å². The van der Waals surface area contributed by atoms with Crippen molar-refractivity contribution >= 4 is 50.6 Å². The van der Waals surface area contributed by atoms with Gasteiger partial charge in [0.25, 0.3) is 5.91 Å². The second kappa shape index (κ2) is 6.14. The third-order valence-electron chi connectivity index (χ3n) is 2.04. The molecule has 1 heterocycles. The average Bonchev–Trinajstić information content (AvgIpc) is 2.75. The predicted molar refractivity (Wildman–Crippen MR) is 80.6 cm³/mol. The summed E-state index contributed by atoms with van der Waals surface area (Å²) in [5.41, 5.74) is 2.97. The first-order chi connectivity index (χ1) is 8.65. The molecule has 1 N–H and O–H groups in total. The van der Waals surface area contributed by atoms with E-state index in [0.29, 0.717) is 11.3 Å². The van der Waals surface area contributed by atoms with Crippen LogP contribution >= 0.6 is 38.5 Å². The Labute approximate surface area is 126 Å². The lowest BCUT2D eigenvalue weighted by atomic mass is 10.2. The average molecular weight is 419 g/mol. The Kier molecular flexibility index (Phi) is 4.54. The van der Waals surface area contributed by atoms with Gasteiger partial charge in [0.1, 0.15) is 5.76 Å². The number of carbonyl (C=O) groups excluding carboxylic acids is 1. The van der Waals surface area contributed by atoms with E-state index in [1.165, 1.54) is 6.21 Å². The minimum Gasteiger partial charge on any atom is -0.449 e. The van der Waals surface area contributed by atoms with Crippen LogP contribution in [0.5, 0.6) is 0 Å². The quantitative estimate of drug-likeness (QED) is 0.471. The maximum atomic E-state index is 11.7. The Morgan fingerprint density at radius 1 is 1.39 bits per heavy atom. The first-order valence-electron chi connectivity index (χ1n) is 4.99. The minimum atomic E-state index is -0.270. The summed E-state index contributed by atoms with van der Waals surface area (Å²) in [6, 6.07) is 10.7. The van der Waals surface area contributed by atoms with Crippen LogP contribution in [0.4, 0.5) is 0 Å². The smallest absolute Gasteiger partial charge is 0.271 e. The molecule has 0 atom stereocenters. The van der Waals surface area contributed by atoms with Crippen molar-refractivity contribution in [2.75, 3.05) is 0 Å². The van der Waals surface area contributed by atoms with Crippen molar-refractivity contribution in [2.24, 2.45) is 5.10 Å². The van der Waals surface area contributed by atoms with Crippen molar-refractivity contribution in [1.82, 2.24) is 5.43 Å². The summed E-state index contributed by atoms with van der Waals surface area (Å²) in [6.07, 6.45) is 1.46. The van der Waals surface area contributed by atoms with Crippen LogP contribution in [0.25, 0.3) is 0 Å². The highest BCUT2D eigenvalue weighted by Gasteiger charge is 2.03. The Bertz CT molecular complexity index is 595. The number of benzene rings is 1. The lowest BCUT2D eigenvalue weighted by Gasteiger charge is -1.99. The Morgan fingerprint density at radius 2 is 2.22 bits per heavy atom. The molecule has 1 amide bonds.